The number of anilines is 1. The van der Waals surface area contributed by atoms with Crippen molar-refractivity contribution in [1.82, 2.24) is 9.97 Å². The first-order valence-corrected chi connectivity index (χ1v) is 4.38. The lowest BCUT2D eigenvalue weighted by Gasteiger charge is -2.03. The van der Waals surface area contributed by atoms with Gasteiger partial charge in [0.05, 0.1) is 4.92 Å². The van der Waals surface area contributed by atoms with Crippen molar-refractivity contribution in [2.75, 3.05) is 5.73 Å². The molecule has 1 fully saturated rings. The molecule has 0 unspecified atom stereocenters. The molecule has 14 heavy (non-hydrogen) atoms. The van der Waals surface area contributed by atoms with Gasteiger partial charge in [-0.15, -0.1) is 0 Å². The average molecular weight is 194 g/mol. The van der Waals surface area contributed by atoms with E-state index in [2.05, 4.69) is 9.97 Å². The van der Waals surface area contributed by atoms with E-state index in [0.29, 0.717) is 11.4 Å². The Labute approximate surface area is 80.3 Å². The number of rotatable bonds is 2. The number of aromatic nitrogens is 2. The molecule has 1 saturated carbocycles. The summed E-state index contributed by atoms with van der Waals surface area (Å²) in [7, 11) is 0. The van der Waals surface area contributed by atoms with E-state index in [4.69, 9.17) is 5.73 Å². The Balaban J connectivity index is 2.58. The highest BCUT2D eigenvalue weighted by molar-refractivity contribution is 5.46. The van der Waals surface area contributed by atoms with Gasteiger partial charge in [-0.1, -0.05) is 0 Å². The van der Waals surface area contributed by atoms with Gasteiger partial charge in [0.15, 0.2) is 0 Å². The molecule has 2 N–H and O–H groups in total. The predicted molar refractivity (Wildman–Crippen MR) is 49.8 cm³/mol. The van der Waals surface area contributed by atoms with Crippen molar-refractivity contribution < 1.29 is 4.92 Å². The topological polar surface area (TPSA) is 94.9 Å². The maximum Gasteiger partial charge on any atom is 0.312 e. The number of hydrogen-bond acceptors (Lipinski definition) is 5. The van der Waals surface area contributed by atoms with Crippen LogP contribution in [0.25, 0.3) is 0 Å². The Kier molecular flexibility index (Phi) is 1.83. The quantitative estimate of drug-likeness (QED) is 0.562. The Morgan fingerprint density at radius 1 is 1.50 bits per heavy atom. The van der Waals surface area contributed by atoms with Crippen LogP contribution in [0.3, 0.4) is 0 Å². The molecule has 1 aromatic heterocycles. The van der Waals surface area contributed by atoms with Crippen molar-refractivity contribution in [2.24, 2.45) is 0 Å². The monoisotopic (exact) mass is 194 g/mol. The third kappa shape index (κ3) is 1.39. The number of nitrogens with two attached hydrogens (primary N) is 1. The second kappa shape index (κ2) is 2.90. The van der Waals surface area contributed by atoms with E-state index in [0.717, 1.165) is 12.8 Å². The summed E-state index contributed by atoms with van der Waals surface area (Å²) in [5.41, 5.74) is 6.33. The van der Waals surface area contributed by atoms with Crippen molar-refractivity contribution >= 4 is 11.6 Å². The minimum Gasteiger partial charge on any atom is -0.368 e. The SMILES string of the molecule is Cc1nc(N)nc(C2CC2)c1[N+](=O)[O-]. The van der Waals surface area contributed by atoms with Gasteiger partial charge in [0, 0.05) is 5.92 Å². The fourth-order valence-electron chi connectivity index (χ4n) is 1.48. The molecule has 6 heteroatoms. The summed E-state index contributed by atoms with van der Waals surface area (Å²) >= 11 is 0. The number of nitrogen functional groups attached to an aromatic ring is 1. The van der Waals surface area contributed by atoms with E-state index < -0.39 is 4.92 Å². The summed E-state index contributed by atoms with van der Waals surface area (Å²) in [6.45, 7) is 1.59. The van der Waals surface area contributed by atoms with Gasteiger partial charge in [-0.05, 0) is 19.8 Å². The van der Waals surface area contributed by atoms with E-state index in [-0.39, 0.29) is 17.6 Å². The Bertz CT molecular complexity index is 401. The third-order valence-electron chi connectivity index (χ3n) is 2.25. The minimum absolute atomic E-state index is 0.0294. The fraction of sp³-hybridized carbons (Fsp3) is 0.500. The zero-order valence-electron chi connectivity index (χ0n) is 7.73. The summed E-state index contributed by atoms with van der Waals surface area (Å²) in [5, 5.41) is 10.8. The fourth-order valence-corrected chi connectivity index (χ4v) is 1.48. The van der Waals surface area contributed by atoms with Gasteiger partial charge in [-0.25, -0.2) is 9.97 Å². The maximum atomic E-state index is 10.8. The number of hydrogen-bond donors (Lipinski definition) is 1. The van der Waals surface area contributed by atoms with Crippen LogP contribution in [0.1, 0.15) is 30.1 Å². The first-order chi connectivity index (χ1) is 6.59. The van der Waals surface area contributed by atoms with Crippen LogP contribution in [0, 0.1) is 17.0 Å². The molecular weight excluding hydrogens is 184 g/mol. The maximum absolute atomic E-state index is 10.8. The van der Waals surface area contributed by atoms with E-state index in [9.17, 15) is 10.1 Å². The van der Waals surface area contributed by atoms with Crippen LogP contribution >= 0.6 is 0 Å². The lowest BCUT2D eigenvalue weighted by Crippen LogP contribution is -2.06. The molecule has 0 spiro atoms. The molecule has 1 heterocycles. The van der Waals surface area contributed by atoms with Crippen LogP contribution in [0.2, 0.25) is 0 Å². The second-order valence-corrected chi connectivity index (χ2v) is 3.43. The van der Waals surface area contributed by atoms with Crippen molar-refractivity contribution in [3.63, 3.8) is 0 Å². The van der Waals surface area contributed by atoms with Crippen molar-refractivity contribution in [3.8, 4) is 0 Å². The molecular formula is C8H10N4O2. The first kappa shape index (κ1) is 8.86. The largest absolute Gasteiger partial charge is 0.368 e. The van der Waals surface area contributed by atoms with Gasteiger partial charge in [0.2, 0.25) is 5.95 Å². The summed E-state index contributed by atoms with van der Waals surface area (Å²) in [6, 6.07) is 0. The Hall–Kier alpha value is -1.72. The van der Waals surface area contributed by atoms with Crippen molar-refractivity contribution in [3.05, 3.63) is 21.5 Å². The molecule has 74 valence electrons. The highest BCUT2D eigenvalue weighted by Gasteiger charge is 2.34. The molecule has 0 atom stereocenters. The summed E-state index contributed by atoms with van der Waals surface area (Å²) in [5.74, 6) is 0.328. The number of nitrogens with zero attached hydrogens (tertiary/aromatic N) is 3. The Morgan fingerprint density at radius 3 is 2.64 bits per heavy atom. The van der Waals surface area contributed by atoms with Crippen molar-refractivity contribution in [2.45, 2.75) is 25.7 Å². The average Bonchev–Trinajstić information content (AvgIpc) is 2.82. The summed E-state index contributed by atoms with van der Waals surface area (Å²) in [4.78, 5) is 18.1. The molecule has 0 bridgehead atoms. The smallest absolute Gasteiger partial charge is 0.312 e. The van der Waals surface area contributed by atoms with E-state index in [1.54, 1.807) is 6.92 Å². The van der Waals surface area contributed by atoms with Crippen LogP contribution < -0.4 is 5.73 Å². The molecule has 0 radical (unpaired) electrons. The minimum atomic E-state index is -0.428. The van der Waals surface area contributed by atoms with Gasteiger partial charge in [0.25, 0.3) is 0 Å². The predicted octanol–water partition coefficient (Wildman–Crippen LogP) is 1.15. The lowest BCUT2D eigenvalue weighted by molar-refractivity contribution is -0.386. The van der Waals surface area contributed by atoms with E-state index >= 15 is 0 Å². The zero-order chi connectivity index (χ0) is 10.3. The number of nitro groups is 1. The summed E-state index contributed by atoms with van der Waals surface area (Å²) in [6.07, 6.45) is 1.91. The van der Waals surface area contributed by atoms with Crippen LogP contribution in [-0.4, -0.2) is 14.9 Å². The van der Waals surface area contributed by atoms with Crippen LogP contribution in [0.4, 0.5) is 11.6 Å². The van der Waals surface area contributed by atoms with Crippen molar-refractivity contribution in [1.29, 1.82) is 0 Å². The van der Waals surface area contributed by atoms with Crippen LogP contribution in [-0.2, 0) is 0 Å². The second-order valence-electron chi connectivity index (χ2n) is 3.43. The third-order valence-corrected chi connectivity index (χ3v) is 2.25. The molecule has 1 aliphatic carbocycles. The highest BCUT2D eigenvalue weighted by atomic mass is 16.6. The lowest BCUT2D eigenvalue weighted by atomic mass is 10.2. The van der Waals surface area contributed by atoms with Gasteiger partial charge in [-0.2, -0.15) is 0 Å². The van der Waals surface area contributed by atoms with Gasteiger partial charge < -0.3 is 5.73 Å². The highest BCUT2D eigenvalue weighted by Crippen LogP contribution is 2.43. The first-order valence-electron chi connectivity index (χ1n) is 4.38. The van der Waals surface area contributed by atoms with E-state index in [1.165, 1.54) is 0 Å². The standard InChI is InChI=1S/C8H10N4O2/c1-4-7(12(13)14)6(5-2-3-5)11-8(9)10-4/h5H,2-3H2,1H3,(H2,9,10,11). The van der Waals surface area contributed by atoms with Gasteiger partial charge >= 0.3 is 5.69 Å². The van der Waals surface area contributed by atoms with Crippen LogP contribution in [0.15, 0.2) is 0 Å². The molecule has 0 amide bonds. The molecule has 0 aliphatic heterocycles. The molecule has 0 saturated heterocycles. The van der Waals surface area contributed by atoms with E-state index in [1.807, 2.05) is 0 Å². The molecule has 2 rings (SSSR count). The molecule has 1 aliphatic rings. The number of aryl methyl sites for hydroxylation is 1. The summed E-state index contributed by atoms with van der Waals surface area (Å²) < 4.78 is 0. The molecule has 6 nitrogen and oxygen atoms in total. The normalized spacial score (nSPS) is 15.5. The molecule has 0 aromatic carbocycles. The van der Waals surface area contributed by atoms with Gasteiger partial charge in [0.1, 0.15) is 11.4 Å². The zero-order valence-corrected chi connectivity index (χ0v) is 7.73. The molecule has 1 aromatic rings. The Morgan fingerprint density at radius 2 is 2.14 bits per heavy atom. The van der Waals surface area contributed by atoms with Gasteiger partial charge in [-0.3, -0.25) is 10.1 Å². The van der Waals surface area contributed by atoms with Crippen LogP contribution in [0.5, 0.6) is 0 Å².